The molecule has 4 heterocycles. The average Bonchev–Trinajstić information content (AvgIpc) is 3.54. The highest BCUT2D eigenvalue weighted by atomic mass is 16.5. The molecule has 10 nitrogen and oxygen atoms in total. The predicted octanol–water partition coefficient (Wildman–Crippen LogP) is 3.06. The third-order valence-electron chi connectivity index (χ3n) is 5.73. The van der Waals surface area contributed by atoms with E-state index in [4.69, 9.17) is 19.9 Å². The summed E-state index contributed by atoms with van der Waals surface area (Å²) in [6.45, 7) is 4.99. The van der Waals surface area contributed by atoms with Crippen LogP contribution in [0, 0.1) is 19.3 Å². The Kier molecular flexibility index (Phi) is 5.72. The minimum absolute atomic E-state index is 0.0951. The van der Waals surface area contributed by atoms with E-state index >= 15 is 0 Å². The van der Waals surface area contributed by atoms with E-state index in [1.165, 1.54) is 0 Å². The summed E-state index contributed by atoms with van der Waals surface area (Å²) in [6, 6.07) is 5.63. The molecule has 0 aromatic carbocycles. The average molecular weight is 460 g/mol. The van der Waals surface area contributed by atoms with Crippen LogP contribution in [-0.4, -0.2) is 60.5 Å². The number of aromatic nitrogens is 5. The SMILES string of the molecule is Cc1[nH]c2c(c1C)C(=N)/C(=N/c1c(OCCO)nn3ccccc13)C=C2OCCn1ccnc1. The third-order valence-corrected chi connectivity index (χ3v) is 5.73. The zero-order valence-electron chi connectivity index (χ0n) is 18.9. The molecule has 0 radical (unpaired) electrons. The number of hydrogen-bond acceptors (Lipinski definition) is 7. The molecule has 0 atom stereocenters. The Balaban J connectivity index is 1.56. The smallest absolute Gasteiger partial charge is 0.260 e. The van der Waals surface area contributed by atoms with Crippen LogP contribution in [0.25, 0.3) is 11.3 Å². The summed E-state index contributed by atoms with van der Waals surface area (Å²) in [5.41, 5.74) is 5.47. The molecule has 34 heavy (non-hydrogen) atoms. The molecule has 0 fully saturated rings. The van der Waals surface area contributed by atoms with Crippen molar-refractivity contribution in [3.8, 4) is 5.88 Å². The molecule has 3 N–H and O–H groups in total. The molecule has 0 saturated heterocycles. The van der Waals surface area contributed by atoms with E-state index in [-0.39, 0.29) is 13.2 Å². The number of allylic oxidation sites excluding steroid dienone is 1. The molecule has 4 aromatic rings. The second-order valence-electron chi connectivity index (χ2n) is 7.91. The molecule has 0 saturated carbocycles. The Hall–Kier alpha value is -4.18. The van der Waals surface area contributed by atoms with Gasteiger partial charge >= 0.3 is 0 Å². The first-order valence-corrected chi connectivity index (χ1v) is 11.0. The number of imidazole rings is 1. The lowest BCUT2D eigenvalue weighted by atomic mass is 9.95. The fourth-order valence-corrected chi connectivity index (χ4v) is 3.92. The van der Waals surface area contributed by atoms with Crippen LogP contribution < -0.4 is 4.74 Å². The van der Waals surface area contributed by atoms with Gasteiger partial charge in [-0.1, -0.05) is 6.07 Å². The zero-order valence-corrected chi connectivity index (χ0v) is 18.9. The van der Waals surface area contributed by atoms with Gasteiger partial charge in [-0.05, 0) is 31.5 Å². The van der Waals surface area contributed by atoms with Gasteiger partial charge < -0.3 is 24.1 Å². The quantitative estimate of drug-likeness (QED) is 0.373. The van der Waals surface area contributed by atoms with E-state index in [1.54, 1.807) is 29.3 Å². The van der Waals surface area contributed by atoms with Gasteiger partial charge in [0, 0.05) is 35.9 Å². The standard InChI is InChI=1S/C24H25N7O3/c1-15-16(2)27-23-19(33-11-9-30-8-6-26-14-30)13-17(21(25)20(15)23)28-22-18-5-3-4-7-31(18)29-24(22)34-12-10-32/h3-8,13-14,25,27,32H,9-12H2,1-2H3/b25-21?,28-17+. The van der Waals surface area contributed by atoms with E-state index in [1.807, 2.05) is 42.8 Å². The molecule has 0 amide bonds. The van der Waals surface area contributed by atoms with Gasteiger partial charge in [0.25, 0.3) is 5.88 Å². The minimum atomic E-state index is -0.139. The number of ether oxygens (including phenoxy) is 2. The van der Waals surface area contributed by atoms with Crippen LogP contribution in [0.5, 0.6) is 5.88 Å². The maximum atomic E-state index is 9.22. The number of aromatic amines is 1. The Morgan fingerprint density at radius 2 is 2.06 bits per heavy atom. The number of hydrogen-bond donors (Lipinski definition) is 3. The molecule has 0 spiro atoms. The summed E-state index contributed by atoms with van der Waals surface area (Å²) in [5, 5.41) is 22.6. The predicted molar refractivity (Wildman–Crippen MR) is 128 cm³/mol. The van der Waals surface area contributed by atoms with Gasteiger partial charge in [0.15, 0.2) is 5.69 Å². The lowest BCUT2D eigenvalue weighted by Crippen LogP contribution is -2.20. The lowest BCUT2D eigenvalue weighted by molar-refractivity contribution is 0.197. The number of rotatable bonds is 8. The number of aliphatic hydroxyl groups excluding tert-OH is 1. The van der Waals surface area contributed by atoms with Crippen LogP contribution in [0.1, 0.15) is 22.5 Å². The monoisotopic (exact) mass is 459 g/mol. The molecule has 1 aliphatic carbocycles. The van der Waals surface area contributed by atoms with E-state index < -0.39 is 0 Å². The number of pyridine rings is 1. The van der Waals surface area contributed by atoms with Gasteiger partial charge in [0.1, 0.15) is 19.0 Å². The van der Waals surface area contributed by atoms with E-state index in [9.17, 15) is 5.11 Å². The normalized spacial score (nSPS) is 14.5. The fourth-order valence-electron chi connectivity index (χ4n) is 3.92. The Labute approximate surface area is 195 Å². The molecule has 10 heteroatoms. The topological polar surface area (TPSA) is 126 Å². The van der Waals surface area contributed by atoms with Crippen molar-refractivity contribution in [1.29, 1.82) is 5.41 Å². The fraction of sp³-hybridized carbons (Fsp3) is 0.250. The number of H-pyrrole nitrogens is 1. The Morgan fingerprint density at radius 1 is 1.18 bits per heavy atom. The van der Waals surface area contributed by atoms with Crippen LogP contribution in [0.2, 0.25) is 0 Å². The Bertz CT molecular complexity index is 1410. The number of nitrogens with zero attached hydrogens (tertiary/aromatic N) is 5. The zero-order chi connectivity index (χ0) is 23.7. The maximum absolute atomic E-state index is 9.22. The molecule has 5 rings (SSSR count). The van der Waals surface area contributed by atoms with Crippen molar-refractivity contribution >= 4 is 28.4 Å². The maximum Gasteiger partial charge on any atom is 0.260 e. The highest BCUT2D eigenvalue weighted by Gasteiger charge is 2.28. The second-order valence-corrected chi connectivity index (χ2v) is 7.91. The van der Waals surface area contributed by atoms with Gasteiger partial charge in [-0.3, -0.25) is 5.41 Å². The first-order chi connectivity index (χ1) is 16.6. The van der Waals surface area contributed by atoms with Crippen molar-refractivity contribution in [2.45, 2.75) is 20.4 Å². The van der Waals surface area contributed by atoms with Crippen molar-refractivity contribution in [3.05, 3.63) is 71.7 Å². The molecule has 0 bridgehead atoms. The van der Waals surface area contributed by atoms with Gasteiger partial charge in [-0.25, -0.2) is 14.5 Å². The van der Waals surface area contributed by atoms with Crippen LogP contribution in [0.4, 0.5) is 5.69 Å². The largest absolute Gasteiger partial charge is 0.489 e. The van der Waals surface area contributed by atoms with Crippen molar-refractivity contribution in [2.24, 2.45) is 4.99 Å². The van der Waals surface area contributed by atoms with Crippen LogP contribution in [-0.2, 0) is 11.3 Å². The van der Waals surface area contributed by atoms with Crippen LogP contribution >= 0.6 is 0 Å². The number of fused-ring (bicyclic) bond motifs is 2. The van der Waals surface area contributed by atoms with E-state index in [0.29, 0.717) is 41.9 Å². The first kappa shape index (κ1) is 21.7. The van der Waals surface area contributed by atoms with Crippen molar-refractivity contribution in [2.75, 3.05) is 19.8 Å². The summed E-state index contributed by atoms with van der Waals surface area (Å²) in [7, 11) is 0. The van der Waals surface area contributed by atoms with Crippen molar-refractivity contribution in [3.63, 3.8) is 0 Å². The van der Waals surface area contributed by atoms with Crippen LogP contribution in [0.3, 0.4) is 0 Å². The second kappa shape index (κ2) is 8.99. The number of aryl methyl sites for hydroxylation is 1. The summed E-state index contributed by atoms with van der Waals surface area (Å²) in [4.78, 5) is 12.2. The molecule has 1 aliphatic rings. The van der Waals surface area contributed by atoms with Gasteiger partial charge in [0.05, 0.1) is 42.1 Å². The van der Waals surface area contributed by atoms with Crippen molar-refractivity contribution in [1.82, 2.24) is 24.1 Å². The molecule has 0 unspecified atom stereocenters. The molecule has 174 valence electrons. The van der Waals surface area contributed by atoms with Crippen LogP contribution in [0.15, 0.2) is 54.2 Å². The summed E-state index contributed by atoms with van der Waals surface area (Å²) in [6.07, 6.45) is 8.93. The molecule has 4 aromatic heterocycles. The number of aliphatic imine (C=N–C) groups is 1. The number of aliphatic hydroxyl groups is 1. The summed E-state index contributed by atoms with van der Waals surface area (Å²) in [5.74, 6) is 0.916. The minimum Gasteiger partial charge on any atom is -0.489 e. The highest BCUT2D eigenvalue weighted by molar-refractivity contribution is 6.54. The van der Waals surface area contributed by atoms with Gasteiger partial charge in [0.2, 0.25) is 0 Å². The van der Waals surface area contributed by atoms with Gasteiger partial charge in [-0.2, -0.15) is 0 Å². The third kappa shape index (κ3) is 3.88. The Morgan fingerprint density at radius 3 is 2.85 bits per heavy atom. The summed E-state index contributed by atoms with van der Waals surface area (Å²) < 4.78 is 15.4. The molecular formula is C24H25N7O3. The molecular weight excluding hydrogens is 434 g/mol. The van der Waals surface area contributed by atoms with E-state index in [0.717, 1.165) is 28.0 Å². The number of nitrogens with one attached hydrogen (secondary N) is 2. The highest BCUT2D eigenvalue weighted by Crippen LogP contribution is 2.35. The van der Waals surface area contributed by atoms with Crippen molar-refractivity contribution < 1.29 is 14.6 Å². The first-order valence-electron chi connectivity index (χ1n) is 11.0. The van der Waals surface area contributed by atoms with E-state index in [2.05, 4.69) is 15.1 Å². The lowest BCUT2D eigenvalue weighted by Gasteiger charge is -2.18. The summed E-state index contributed by atoms with van der Waals surface area (Å²) >= 11 is 0. The molecule has 0 aliphatic heterocycles. The van der Waals surface area contributed by atoms with Gasteiger partial charge in [-0.15, -0.1) is 5.10 Å².